The van der Waals surface area contributed by atoms with Gasteiger partial charge in [0.25, 0.3) is 0 Å². The highest BCUT2D eigenvalue weighted by Gasteiger charge is 2.08. The predicted octanol–water partition coefficient (Wildman–Crippen LogP) is 1.46. The van der Waals surface area contributed by atoms with Gasteiger partial charge >= 0.3 is 5.97 Å². The maximum atomic E-state index is 11.5. The van der Waals surface area contributed by atoms with Gasteiger partial charge in [0.1, 0.15) is 5.75 Å². The summed E-state index contributed by atoms with van der Waals surface area (Å²) in [7, 11) is 2.85. The zero-order chi connectivity index (χ0) is 15.0. The monoisotopic (exact) mass is 296 g/mol. The fourth-order valence-corrected chi connectivity index (χ4v) is 1.58. The lowest BCUT2D eigenvalue weighted by molar-refractivity contribution is -0.142. The number of thiocarbonyl (C=S) groups is 1. The minimum absolute atomic E-state index is 0.0213. The Hall–Kier alpha value is -2.15. The molecule has 0 heterocycles. The van der Waals surface area contributed by atoms with E-state index >= 15 is 0 Å². The number of rotatable bonds is 5. The Morgan fingerprint density at radius 3 is 2.35 bits per heavy atom. The van der Waals surface area contributed by atoms with Crippen LogP contribution in [0.2, 0.25) is 0 Å². The summed E-state index contributed by atoms with van der Waals surface area (Å²) in [5.74, 6) is -0.0563. The minimum atomic E-state index is -0.436. The molecule has 0 atom stereocenters. The molecule has 7 heteroatoms. The largest absolute Gasteiger partial charge is 0.497 e. The number of hydrogen-bond acceptors (Lipinski definition) is 5. The third-order valence-electron chi connectivity index (χ3n) is 2.38. The van der Waals surface area contributed by atoms with Gasteiger partial charge in [-0.1, -0.05) is 0 Å². The summed E-state index contributed by atoms with van der Waals surface area (Å²) in [5, 5.41) is 5.50. The van der Waals surface area contributed by atoms with Crippen molar-refractivity contribution < 1.29 is 19.1 Å². The third-order valence-corrected chi connectivity index (χ3v) is 2.59. The van der Waals surface area contributed by atoms with E-state index in [2.05, 4.69) is 15.4 Å². The molecule has 2 N–H and O–H groups in total. The number of nitrogens with one attached hydrogen (secondary N) is 2. The molecule has 1 aromatic carbocycles. The van der Waals surface area contributed by atoms with E-state index in [1.165, 1.54) is 7.11 Å². The molecule has 20 heavy (non-hydrogen) atoms. The SMILES string of the molecule is COC(=O)CCC(=O)NC(=S)Nc1ccc(OC)cc1. The first kappa shape index (κ1) is 15.9. The smallest absolute Gasteiger partial charge is 0.306 e. The minimum Gasteiger partial charge on any atom is -0.497 e. The zero-order valence-electron chi connectivity index (χ0n) is 11.3. The number of benzene rings is 1. The summed E-state index contributed by atoms with van der Waals surface area (Å²) >= 11 is 4.99. The molecule has 0 saturated carbocycles. The maximum absolute atomic E-state index is 11.5. The van der Waals surface area contributed by atoms with Gasteiger partial charge < -0.3 is 20.1 Å². The van der Waals surface area contributed by atoms with E-state index in [-0.39, 0.29) is 23.9 Å². The highest BCUT2D eigenvalue weighted by Crippen LogP contribution is 2.14. The fourth-order valence-electron chi connectivity index (χ4n) is 1.34. The first-order valence-electron chi connectivity index (χ1n) is 5.87. The molecule has 6 nitrogen and oxygen atoms in total. The van der Waals surface area contributed by atoms with Crippen LogP contribution in [0.25, 0.3) is 0 Å². The number of ether oxygens (including phenoxy) is 2. The van der Waals surface area contributed by atoms with E-state index < -0.39 is 5.97 Å². The van der Waals surface area contributed by atoms with Crippen LogP contribution >= 0.6 is 12.2 Å². The lowest BCUT2D eigenvalue weighted by Gasteiger charge is -2.09. The highest BCUT2D eigenvalue weighted by atomic mass is 32.1. The van der Waals surface area contributed by atoms with Gasteiger partial charge in [0.05, 0.1) is 20.6 Å². The van der Waals surface area contributed by atoms with Crippen molar-refractivity contribution in [3.63, 3.8) is 0 Å². The number of carbonyl (C=O) groups excluding carboxylic acids is 2. The Balaban J connectivity index is 2.38. The molecule has 1 aromatic rings. The second kappa shape index (κ2) is 8.11. The highest BCUT2D eigenvalue weighted by molar-refractivity contribution is 7.80. The van der Waals surface area contributed by atoms with Crippen molar-refractivity contribution in [2.24, 2.45) is 0 Å². The van der Waals surface area contributed by atoms with Crippen LogP contribution in [0.3, 0.4) is 0 Å². The van der Waals surface area contributed by atoms with Crippen LogP contribution in [-0.4, -0.2) is 31.2 Å². The number of hydrogen-bond donors (Lipinski definition) is 2. The van der Waals surface area contributed by atoms with Gasteiger partial charge in [-0.25, -0.2) is 0 Å². The van der Waals surface area contributed by atoms with E-state index in [0.29, 0.717) is 0 Å². The van der Waals surface area contributed by atoms with Crippen molar-refractivity contribution in [3.05, 3.63) is 24.3 Å². The molecule has 0 aromatic heterocycles. The Labute approximate surface area is 122 Å². The lowest BCUT2D eigenvalue weighted by Crippen LogP contribution is -2.34. The van der Waals surface area contributed by atoms with E-state index in [9.17, 15) is 9.59 Å². The Bertz CT molecular complexity index is 488. The second-order valence-electron chi connectivity index (χ2n) is 3.81. The molecule has 0 bridgehead atoms. The summed E-state index contributed by atoms with van der Waals surface area (Å²) in [4.78, 5) is 22.4. The predicted molar refractivity (Wildman–Crippen MR) is 78.6 cm³/mol. The summed E-state index contributed by atoms with van der Waals surface area (Å²) in [6.45, 7) is 0. The maximum Gasteiger partial charge on any atom is 0.306 e. The van der Waals surface area contributed by atoms with Gasteiger partial charge in [0.15, 0.2) is 5.11 Å². The average Bonchev–Trinajstić information content (AvgIpc) is 2.45. The molecule has 0 aliphatic rings. The molecule has 0 radical (unpaired) electrons. The number of amides is 1. The second-order valence-corrected chi connectivity index (χ2v) is 4.22. The summed E-state index contributed by atoms with van der Waals surface area (Å²) in [5.41, 5.74) is 0.726. The lowest BCUT2D eigenvalue weighted by atomic mass is 10.3. The average molecular weight is 296 g/mol. The van der Waals surface area contributed by atoms with Crippen LogP contribution in [-0.2, 0) is 14.3 Å². The van der Waals surface area contributed by atoms with Crippen molar-refractivity contribution >= 4 is 34.9 Å². The number of carbonyl (C=O) groups is 2. The summed E-state index contributed by atoms with van der Waals surface area (Å²) in [6, 6.07) is 7.07. The van der Waals surface area contributed by atoms with Crippen molar-refractivity contribution in [1.29, 1.82) is 0 Å². The Morgan fingerprint density at radius 1 is 1.15 bits per heavy atom. The van der Waals surface area contributed by atoms with Gasteiger partial charge in [-0.2, -0.15) is 0 Å². The molecule has 0 aliphatic heterocycles. The molecule has 108 valence electrons. The van der Waals surface area contributed by atoms with E-state index in [1.807, 2.05) is 0 Å². The van der Waals surface area contributed by atoms with Crippen LogP contribution in [0.5, 0.6) is 5.75 Å². The number of esters is 1. The van der Waals surface area contributed by atoms with Gasteiger partial charge in [-0.15, -0.1) is 0 Å². The molecule has 0 unspecified atom stereocenters. The standard InChI is InChI=1S/C13H16N2O4S/c1-18-10-5-3-9(4-6-10)14-13(20)15-11(16)7-8-12(17)19-2/h3-6H,7-8H2,1-2H3,(H2,14,15,16,20). The third kappa shape index (κ3) is 5.66. The summed E-state index contributed by atoms with van der Waals surface area (Å²) in [6.07, 6.45) is 0.0462. The molecule has 1 rings (SSSR count). The molecular weight excluding hydrogens is 280 g/mol. The first-order valence-corrected chi connectivity index (χ1v) is 6.27. The van der Waals surface area contributed by atoms with Crippen LogP contribution < -0.4 is 15.4 Å². The van der Waals surface area contributed by atoms with Crippen molar-refractivity contribution in [2.45, 2.75) is 12.8 Å². The van der Waals surface area contributed by atoms with E-state index in [4.69, 9.17) is 17.0 Å². The fraction of sp³-hybridized carbons (Fsp3) is 0.308. The molecule has 0 aliphatic carbocycles. The first-order chi connectivity index (χ1) is 9.55. The van der Waals surface area contributed by atoms with Gasteiger partial charge in [-0.3, -0.25) is 9.59 Å². The summed E-state index contributed by atoms with van der Waals surface area (Å²) < 4.78 is 9.47. The van der Waals surface area contributed by atoms with Crippen LogP contribution in [0, 0.1) is 0 Å². The van der Waals surface area contributed by atoms with Crippen LogP contribution in [0.4, 0.5) is 5.69 Å². The van der Waals surface area contributed by atoms with E-state index in [0.717, 1.165) is 11.4 Å². The van der Waals surface area contributed by atoms with Crippen molar-refractivity contribution in [1.82, 2.24) is 5.32 Å². The Morgan fingerprint density at radius 2 is 1.80 bits per heavy atom. The van der Waals surface area contributed by atoms with Gasteiger partial charge in [0.2, 0.25) is 5.91 Å². The number of methoxy groups -OCH3 is 2. The van der Waals surface area contributed by atoms with Crippen molar-refractivity contribution in [3.8, 4) is 5.75 Å². The number of anilines is 1. The molecule has 1 amide bonds. The molecule has 0 spiro atoms. The van der Waals surface area contributed by atoms with Gasteiger partial charge in [-0.05, 0) is 36.5 Å². The molecule has 0 saturated heterocycles. The van der Waals surface area contributed by atoms with Crippen LogP contribution in [0.1, 0.15) is 12.8 Å². The quantitative estimate of drug-likeness (QED) is 0.633. The zero-order valence-corrected chi connectivity index (χ0v) is 12.1. The Kier molecular flexibility index (Phi) is 6.45. The molecular formula is C13H16N2O4S. The van der Waals surface area contributed by atoms with E-state index in [1.54, 1.807) is 31.4 Å². The van der Waals surface area contributed by atoms with Crippen molar-refractivity contribution in [2.75, 3.05) is 19.5 Å². The topological polar surface area (TPSA) is 76.7 Å². The van der Waals surface area contributed by atoms with Gasteiger partial charge in [0, 0.05) is 12.1 Å². The normalized spacial score (nSPS) is 9.50. The van der Waals surface area contributed by atoms with Crippen LogP contribution in [0.15, 0.2) is 24.3 Å². The molecule has 0 fully saturated rings.